The molecule has 1 saturated heterocycles. The van der Waals surface area contributed by atoms with E-state index >= 15 is 0 Å². The van der Waals surface area contributed by atoms with Crippen LogP contribution in [0.15, 0.2) is 18.2 Å². The highest BCUT2D eigenvalue weighted by Crippen LogP contribution is 2.61. The number of nitrogens with zero attached hydrogens (tertiary/aromatic N) is 1. The van der Waals surface area contributed by atoms with E-state index in [1.807, 2.05) is 12.1 Å². The third-order valence-electron chi connectivity index (χ3n) is 7.92. The van der Waals surface area contributed by atoms with E-state index in [4.69, 9.17) is 20.9 Å². The number of nitrogens with one attached hydrogen (secondary N) is 1. The first-order chi connectivity index (χ1) is 14.9. The molecule has 1 aromatic rings. The van der Waals surface area contributed by atoms with Crippen molar-refractivity contribution >= 4 is 29.1 Å². The lowest BCUT2D eigenvalue weighted by Crippen LogP contribution is -2.58. The molecule has 1 amide bonds. The molecule has 5 N–H and O–H groups in total. The highest BCUT2D eigenvalue weighted by atomic mass is 16.6. The molecule has 31 heavy (non-hydrogen) atoms. The number of carbonyl (C=O) groups excluding carboxylic acids is 2. The molecule has 0 spiro atoms. The van der Waals surface area contributed by atoms with Crippen molar-refractivity contribution in [2.24, 2.45) is 23.2 Å². The van der Waals surface area contributed by atoms with Gasteiger partial charge in [-0.2, -0.15) is 0 Å². The average Bonchev–Trinajstić information content (AvgIpc) is 3.20. The molecule has 168 valence electrons. The van der Waals surface area contributed by atoms with Gasteiger partial charge in [0.15, 0.2) is 0 Å². The van der Waals surface area contributed by atoms with Crippen LogP contribution in [-0.4, -0.2) is 49.3 Å². The minimum absolute atomic E-state index is 0.0768. The number of hydrogen-bond acceptors (Lipinski definition) is 7. The molecule has 2 unspecified atom stereocenters. The molecule has 0 radical (unpaired) electrons. The summed E-state index contributed by atoms with van der Waals surface area (Å²) in [7, 11) is 1.48. The highest BCUT2D eigenvalue weighted by molar-refractivity contribution is 5.77. The molecule has 3 atom stereocenters. The molecular weight excluding hydrogens is 396 g/mol. The standard InChI is InChI=1S/C23H32N4O4/c1-30-21(28)23-9-13-6-14(10-23)20(15(7-13)11-23)31-22(29)27-5-4-17(12-27)26-19-3-2-16(24)8-18(19)25/h2-3,8,13-15,17,20,26H,4-7,9-12,24-25H2,1H3/t13?,14?,15?,17-,20?,23?/m1/s1. The fourth-order valence-corrected chi connectivity index (χ4v) is 6.80. The van der Waals surface area contributed by atoms with Gasteiger partial charge in [0.05, 0.1) is 23.9 Å². The zero-order valence-corrected chi connectivity index (χ0v) is 18.0. The Morgan fingerprint density at radius 1 is 1.16 bits per heavy atom. The van der Waals surface area contributed by atoms with Gasteiger partial charge in [-0.25, -0.2) is 4.79 Å². The second kappa shape index (κ2) is 7.50. The van der Waals surface area contributed by atoms with Crippen molar-refractivity contribution in [3.05, 3.63) is 18.2 Å². The van der Waals surface area contributed by atoms with Gasteiger partial charge < -0.3 is 31.2 Å². The molecule has 6 rings (SSSR count). The number of ether oxygens (including phenoxy) is 2. The van der Waals surface area contributed by atoms with Crippen molar-refractivity contribution in [3.63, 3.8) is 0 Å². The van der Waals surface area contributed by atoms with E-state index in [2.05, 4.69) is 5.32 Å². The van der Waals surface area contributed by atoms with E-state index in [1.165, 1.54) is 7.11 Å². The minimum Gasteiger partial charge on any atom is -0.469 e. The number of likely N-dealkylation sites (tertiary alicyclic amines) is 1. The molecule has 0 aromatic heterocycles. The van der Waals surface area contributed by atoms with Crippen LogP contribution in [0.2, 0.25) is 0 Å². The lowest BCUT2D eigenvalue weighted by Gasteiger charge is -2.57. The van der Waals surface area contributed by atoms with Gasteiger partial charge in [0.25, 0.3) is 0 Å². The number of amides is 1. The molecule has 1 aliphatic heterocycles. The van der Waals surface area contributed by atoms with E-state index < -0.39 is 0 Å². The number of benzene rings is 1. The van der Waals surface area contributed by atoms with Crippen LogP contribution in [0.4, 0.5) is 21.9 Å². The smallest absolute Gasteiger partial charge is 0.410 e. The summed E-state index contributed by atoms with van der Waals surface area (Å²) in [6.07, 6.45) is 5.11. The number of methoxy groups -OCH3 is 1. The third kappa shape index (κ3) is 3.55. The molecule has 1 heterocycles. The van der Waals surface area contributed by atoms with Crippen molar-refractivity contribution in [2.75, 3.05) is 37.0 Å². The van der Waals surface area contributed by atoms with Crippen LogP contribution in [0.1, 0.15) is 38.5 Å². The van der Waals surface area contributed by atoms with Crippen LogP contribution in [-0.2, 0) is 14.3 Å². The Morgan fingerprint density at radius 3 is 2.58 bits per heavy atom. The summed E-state index contributed by atoms with van der Waals surface area (Å²) in [5, 5.41) is 3.42. The van der Waals surface area contributed by atoms with Gasteiger partial charge in [-0.15, -0.1) is 0 Å². The Labute approximate surface area is 182 Å². The second-order valence-electron chi connectivity index (χ2n) is 10.0. The Kier molecular flexibility index (Phi) is 4.90. The molecule has 4 bridgehead atoms. The minimum atomic E-state index is -0.351. The summed E-state index contributed by atoms with van der Waals surface area (Å²) >= 11 is 0. The normalized spacial score (nSPS) is 35.8. The number of carbonyl (C=O) groups is 2. The van der Waals surface area contributed by atoms with Crippen LogP contribution in [0.3, 0.4) is 0 Å². The second-order valence-corrected chi connectivity index (χ2v) is 10.0. The predicted molar refractivity (Wildman–Crippen MR) is 117 cm³/mol. The molecule has 5 fully saturated rings. The van der Waals surface area contributed by atoms with Gasteiger partial charge in [0.2, 0.25) is 0 Å². The molecule has 8 heteroatoms. The molecule has 8 nitrogen and oxygen atoms in total. The fourth-order valence-electron chi connectivity index (χ4n) is 6.80. The SMILES string of the molecule is COC(=O)C12CC3CC(C1)C(OC(=O)N1CC[C@@H](Nc4ccc(N)cc4N)C1)C(C3)C2. The van der Waals surface area contributed by atoms with Gasteiger partial charge in [-0.05, 0) is 74.5 Å². The largest absolute Gasteiger partial charge is 0.469 e. The van der Waals surface area contributed by atoms with E-state index in [0.29, 0.717) is 30.4 Å². The zero-order valence-electron chi connectivity index (χ0n) is 18.0. The maximum atomic E-state index is 13.0. The van der Waals surface area contributed by atoms with Gasteiger partial charge >= 0.3 is 12.1 Å². The lowest BCUT2D eigenvalue weighted by molar-refractivity contribution is -0.182. The third-order valence-corrected chi connectivity index (χ3v) is 7.92. The van der Waals surface area contributed by atoms with Gasteiger partial charge in [-0.1, -0.05) is 0 Å². The quantitative estimate of drug-likeness (QED) is 0.498. The Hall–Kier alpha value is -2.64. The van der Waals surface area contributed by atoms with Crippen LogP contribution >= 0.6 is 0 Å². The molecule has 1 aromatic carbocycles. The molecule has 4 aliphatic carbocycles. The fraction of sp³-hybridized carbons (Fsp3) is 0.652. The summed E-state index contributed by atoms with van der Waals surface area (Å²) in [6, 6.07) is 5.54. The topological polar surface area (TPSA) is 120 Å². The van der Waals surface area contributed by atoms with E-state index in [0.717, 1.165) is 44.2 Å². The van der Waals surface area contributed by atoms with Crippen LogP contribution in [0.25, 0.3) is 0 Å². The van der Waals surface area contributed by atoms with Crippen molar-refractivity contribution in [2.45, 2.75) is 50.7 Å². The van der Waals surface area contributed by atoms with E-state index in [1.54, 1.807) is 11.0 Å². The van der Waals surface area contributed by atoms with Crippen LogP contribution in [0, 0.1) is 23.2 Å². The van der Waals surface area contributed by atoms with E-state index in [9.17, 15) is 9.59 Å². The summed E-state index contributed by atoms with van der Waals surface area (Å²) in [4.78, 5) is 27.2. The first-order valence-corrected chi connectivity index (χ1v) is 11.3. The van der Waals surface area contributed by atoms with E-state index in [-0.39, 0.29) is 41.5 Å². The zero-order chi connectivity index (χ0) is 21.8. The summed E-state index contributed by atoms with van der Waals surface area (Å²) in [5.74, 6) is 1.00. The number of anilines is 3. The van der Waals surface area contributed by atoms with Crippen molar-refractivity contribution in [1.82, 2.24) is 4.90 Å². The Balaban J connectivity index is 1.19. The number of rotatable bonds is 4. The molecule has 5 aliphatic rings. The lowest BCUT2D eigenvalue weighted by atomic mass is 9.48. The highest BCUT2D eigenvalue weighted by Gasteiger charge is 2.60. The van der Waals surface area contributed by atoms with Crippen LogP contribution in [0.5, 0.6) is 0 Å². The number of esters is 1. The first-order valence-electron chi connectivity index (χ1n) is 11.3. The Morgan fingerprint density at radius 2 is 1.90 bits per heavy atom. The maximum Gasteiger partial charge on any atom is 0.410 e. The molecular formula is C23H32N4O4. The average molecular weight is 429 g/mol. The van der Waals surface area contributed by atoms with Gasteiger partial charge in [0, 0.05) is 24.8 Å². The van der Waals surface area contributed by atoms with Gasteiger partial charge in [-0.3, -0.25) is 4.79 Å². The van der Waals surface area contributed by atoms with Crippen LogP contribution < -0.4 is 16.8 Å². The summed E-state index contributed by atoms with van der Waals surface area (Å²) in [6.45, 7) is 1.24. The number of nitrogens with two attached hydrogens (primary N) is 2. The number of hydrogen-bond donors (Lipinski definition) is 3. The maximum absolute atomic E-state index is 13.0. The van der Waals surface area contributed by atoms with Crippen molar-refractivity contribution in [1.29, 1.82) is 0 Å². The van der Waals surface area contributed by atoms with Crippen molar-refractivity contribution in [3.8, 4) is 0 Å². The molecule has 4 saturated carbocycles. The monoisotopic (exact) mass is 428 g/mol. The summed E-state index contributed by atoms with van der Waals surface area (Å²) < 4.78 is 11.2. The predicted octanol–water partition coefficient (Wildman–Crippen LogP) is 2.84. The Bertz CT molecular complexity index is 874. The first kappa shape index (κ1) is 20.3. The number of nitrogen functional groups attached to an aromatic ring is 2. The summed E-state index contributed by atoms with van der Waals surface area (Å²) in [5.41, 5.74) is 13.5. The van der Waals surface area contributed by atoms with Crippen molar-refractivity contribution < 1.29 is 19.1 Å². The van der Waals surface area contributed by atoms with Gasteiger partial charge in [0.1, 0.15) is 6.10 Å².